The molecule has 1 atom stereocenters. The number of nitrogens with zero attached hydrogens (tertiary/aromatic N) is 3. The molecule has 1 heterocycles. The van der Waals surface area contributed by atoms with E-state index in [0.717, 1.165) is 30.0 Å². The summed E-state index contributed by atoms with van der Waals surface area (Å²) in [5, 5.41) is 13.7. The zero-order valence-electron chi connectivity index (χ0n) is 11.3. The molecular formula is C14H20N4S. The zero-order chi connectivity index (χ0) is 13.6. The summed E-state index contributed by atoms with van der Waals surface area (Å²) in [7, 11) is 0. The highest BCUT2D eigenvalue weighted by Crippen LogP contribution is 2.25. The maximum atomic E-state index is 9.26. The van der Waals surface area contributed by atoms with Crippen molar-refractivity contribution in [2.75, 3.05) is 5.75 Å². The minimum absolute atomic E-state index is 0.349. The Balaban J connectivity index is 1.61. The van der Waals surface area contributed by atoms with Crippen molar-refractivity contribution in [1.82, 2.24) is 15.3 Å². The average molecular weight is 276 g/mol. The number of nitriles is 1. The molecule has 1 aromatic rings. The van der Waals surface area contributed by atoms with E-state index in [0.29, 0.717) is 6.04 Å². The molecule has 0 aliphatic heterocycles. The van der Waals surface area contributed by atoms with E-state index in [9.17, 15) is 5.26 Å². The highest BCUT2D eigenvalue weighted by Gasteiger charge is 2.31. The lowest BCUT2D eigenvalue weighted by molar-refractivity contribution is 0.402. The van der Waals surface area contributed by atoms with Crippen LogP contribution < -0.4 is 5.32 Å². The molecule has 0 saturated heterocycles. The molecule has 5 heteroatoms. The van der Waals surface area contributed by atoms with Gasteiger partial charge in [0.15, 0.2) is 0 Å². The molecule has 2 rings (SSSR count). The number of thioether (sulfide) groups is 1. The molecule has 1 saturated carbocycles. The molecule has 0 amide bonds. The van der Waals surface area contributed by atoms with Gasteiger partial charge in [-0.1, -0.05) is 0 Å². The van der Waals surface area contributed by atoms with Crippen LogP contribution in [0.1, 0.15) is 39.0 Å². The molecule has 1 aliphatic carbocycles. The first-order valence-electron chi connectivity index (χ1n) is 6.80. The number of rotatable bonds is 8. The fourth-order valence-electron chi connectivity index (χ4n) is 1.96. The maximum absolute atomic E-state index is 9.26. The standard InChI is InChI=1S/C14H20N4S/c1-14(11-15,18-12-4-5-12)6-2-3-9-19-13-10-16-7-8-17-13/h7-8,10,12,18H,2-6,9H2,1H3. The van der Waals surface area contributed by atoms with E-state index in [-0.39, 0.29) is 5.54 Å². The topological polar surface area (TPSA) is 61.6 Å². The van der Waals surface area contributed by atoms with E-state index in [1.807, 2.05) is 6.92 Å². The van der Waals surface area contributed by atoms with Gasteiger partial charge in [0.05, 0.1) is 12.3 Å². The van der Waals surface area contributed by atoms with Crippen molar-refractivity contribution < 1.29 is 0 Å². The van der Waals surface area contributed by atoms with Gasteiger partial charge in [-0.15, -0.1) is 11.8 Å². The minimum atomic E-state index is -0.349. The van der Waals surface area contributed by atoms with Gasteiger partial charge < -0.3 is 0 Å². The van der Waals surface area contributed by atoms with Crippen LogP contribution in [0.25, 0.3) is 0 Å². The number of hydrogen-bond donors (Lipinski definition) is 1. The largest absolute Gasteiger partial charge is 0.297 e. The summed E-state index contributed by atoms with van der Waals surface area (Å²) in [6.07, 6.45) is 10.7. The van der Waals surface area contributed by atoms with Crippen LogP contribution in [-0.2, 0) is 0 Å². The van der Waals surface area contributed by atoms with E-state index in [4.69, 9.17) is 0 Å². The predicted octanol–water partition coefficient (Wildman–Crippen LogP) is 2.77. The fourth-order valence-corrected chi connectivity index (χ4v) is 2.78. The molecule has 19 heavy (non-hydrogen) atoms. The number of hydrogen-bond acceptors (Lipinski definition) is 5. The summed E-state index contributed by atoms with van der Waals surface area (Å²) >= 11 is 1.73. The Morgan fingerprint density at radius 3 is 2.95 bits per heavy atom. The Labute approximate surface area is 119 Å². The maximum Gasteiger partial charge on any atom is 0.114 e. The van der Waals surface area contributed by atoms with Crippen LogP contribution in [0.5, 0.6) is 0 Å². The van der Waals surface area contributed by atoms with E-state index in [1.54, 1.807) is 30.4 Å². The Bertz CT molecular complexity index is 427. The van der Waals surface area contributed by atoms with Gasteiger partial charge in [-0.3, -0.25) is 10.3 Å². The molecule has 4 nitrogen and oxygen atoms in total. The van der Waals surface area contributed by atoms with Crippen LogP contribution in [0.3, 0.4) is 0 Å². The van der Waals surface area contributed by atoms with Gasteiger partial charge in [-0.05, 0) is 44.8 Å². The molecular weight excluding hydrogens is 256 g/mol. The summed E-state index contributed by atoms with van der Waals surface area (Å²) in [6.45, 7) is 2.02. The third-order valence-corrected chi connectivity index (χ3v) is 4.21. The van der Waals surface area contributed by atoms with Gasteiger partial charge in [-0.25, -0.2) is 4.98 Å². The number of unbranched alkanes of at least 4 members (excludes halogenated alkanes) is 1. The van der Waals surface area contributed by atoms with Crippen molar-refractivity contribution in [2.24, 2.45) is 0 Å². The summed E-state index contributed by atoms with van der Waals surface area (Å²) in [5.74, 6) is 1.03. The Kier molecular flexibility index (Phi) is 5.17. The van der Waals surface area contributed by atoms with Crippen LogP contribution in [-0.4, -0.2) is 27.3 Å². The van der Waals surface area contributed by atoms with Crippen LogP contribution in [0.4, 0.5) is 0 Å². The molecule has 1 fully saturated rings. The normalized spacial score (nSPS) is 17.7. The molecule has 0 radical (unpaired) electrons. The summed E-state index contributed by atoms with van der Waals surface area (Å²) in [6, 6.07) is 3.00. The smallest absolute Gasteiger partial charge is 0.114 e. The van der Waals surface area contributed by atoms with Crippen LogP contribution >= 0.6 is 11.8 Å². The quantitative estimate of drug-likeness (QED) is 0.584. The van der Waals surface area contributed by atoms with Gasteiger partial charge in [0.25, 0.3) is 0 Å². The second-order valence-electron chi connectivity index (χ2n) is 5.21. The Morgan fingerprint density at radius 2 is 2.32 bits per heavy atom. The fraction of sp³-hybridized carbons (Fsp3) is 0.643. The second-order valence-corrected chi connectivity index (χ2v) is 6.33. The zero-order valence-corrected chi connectivity index (χ0v) is 12.1. The summed E-state index contributed by atoms with van der Waals surface area (Å²) in [5.41, 5.74) is -0.349. The van der Waals surface area contributed by atoms with Crippen molar-refractivity contribution in [3.8, 4) is 6.07 Å². The Morgan fingerprint density at radius 1 is 1.47 bits per heavy atom. The summed E-state index contributed by atoms with van der Waals surface area (Å²) in [4.78, 5) is 8.26. The van der Waals surface area contributed by atoms with Crippen molar-refractivity contribution in [2.45, 2.75) is 55.6 Å². The molecule has 1 aliphatic rings. The molecule has 102 valence electrons. The minimum Gasteiger partial charge on any atom is -0.297 e. The number of nitrogens with one attached hydrogen (secondary N) is 1. The lowest BCUT2D eigenvalue weighted by atomic mass is 9.96. The highest BCUT2D eigenvalue weighted by molar-refractivity contribution is 7.99. The van der Waals surface area contributed by atoms with E-state index in [1.165, 1.54) is 12.8 Å². The molecule has 0 spiro atoms. The molecule has 0 aromatic carbocycles. The first-order chi connectivity index (χ1) is 9.22. The van der Waals surface area contributed by atoms with Gasteiger partial charge in [0.1, 0.15) is 10.6 Å². The van der Waals surface area contributed by atoms with Crippen molar-refractivity contribution in [1.29, 1.82) is 5.26 Å². The summed E-state index contributed by atoms with van der Waals surface area (Å²) < 4.78 is 0. The Hall–Kier alpha value is -1.12. The molecule has 0 bridgehead atoms. The predicted molar refractivity (Wildman–Crippen MR) is 76.8 cm³/mol. The second kappa shape index (κ2) is 6.88. The third kappa shape index (κ3) is 5.17. The average Bonchev–Trinajstić information content (AvgIpc) is 3.23. The van der Waals surface area contributed by atoms with Gasteiger partial charge in [-0.2, -0.15) is 5.26 Å². The first-order valence-corrected chi connectivity index (χ1v) is 7.78. The number of aromatic nitrogens is 2. The van der Waals surface area contributed by atoms with Gasteiger partial charge in [0, 0.05) is 18.4 Å². The molecule has 1 aromatic heterocycles. The van der Waals surface area contributed by atoms with E-state index >= 15 is 0 Å². The molecule has 1 N–H and O–H groups in total. The SMILES string of the molecule is CC(C#N)(CCCCSc1cnccn1)NC1CC1. The van der Waals surface area contributed by atoms with Crippen LogP contribution in [0.15, 0.2) is 23.6 Å². The van der Waals surface area contributed by atoms with Crippen LogP contribution in [0, 0.1) is 11.3 Å². The first kappa shape index (κ1) is 14.3. The van der Waals surface area contributed by atoms with Crippen molar-refractivity contribution in [3.05, 3.63) is 18.6 Å². The monoisotopic (exact) mass is 276 g/mol. The molecule has 1 unspecified atom stereocenters. The van der Waals surface area contributed by atoms with E-state index in [2.05, 4.69) is 21.4 Å². The van der Waals surface area contributed by atoms with Gasteiger partial charge in [0.2, 0.25) is 0 Å². The van der Waals surface area contributed by atoms with Crippen molar-refractivity contribution >= 4 is 11.8 Å². The van der Waals surface area contributed by atoms with Gasteiger partial charge >= 0.3 is 0 Å². The lowest BCUT2D eigenvalue weighted by Crippen LogP contribution is -2.42. The van der Waals surface area contributed by atoms with E-state index < -0.39 is 0 Å². The van der Waals surface area contributed by atoms with Crippen LogP contribution in [0.2, 0.25) is 0 Å². The highest BCUT2D eigenvalue weighted by atomic mass is 32.2. The third-order valence-electron chi connectivity index (χ3n) is 3.21. The van der Waals surface area contributed by atoms with Crippen molar-refractivity contribution in [3.63, 3.8) is 0 Å². The lowest BCUT2D eigenvalue weighted by Gasteiger charge is -2.23.